The Kier molecular flexibility index (Phi) is 4.66. The second-order valence-corrected chi connectivity index (χ2v) is 4.82. The zero-order valence-electron chi connectivity index (χ0n) is 12.4. The molecule has 0 fully saturated rings. The van der Waals surface area contributed by atoms with Gasteiger partial charge in [0, 0.05) is 5.56 Å². The molecule has 0 aliphatic rings. The predicted molar refractivity (Wildman–Crippen MR) is 79.8 cm³/mol. The van der Waals surface area contributed by atoms with Crippen molar-refractivity contribution in [3.8, 4) is 17.3 Å². The third-order valence-corrected chi connectivity index (χ3v) is 3.51. The van der Waals surface area contributed by atoms with E-state index in [1.165, 1.54) is 0 Å². The summed E-state index contributed by atoms with van der Waals surface area (Å²) in [5, 5.41) is 14.3. The van der Waals surface area contributed by atoms with Gasteiger partial charge < -0.3 is 9.84 Å². The molecule has 108 valence electrons. The molecule has 20 heavy (non-hydrogen) atoms. The summed E-state index contributed by atoms with van der Waals surface area (Å²) in [5.74, 6) is 0.963. The largest absolute Gasteiger partial charge is 0.497 e. The number of aromatic nitrogens is 2. The van der Waals surface area contributed by atoms with E-state index >= 15 is 0 Å². The molecule has 0 bridgehead atoms. The molecule has 1 N–H and O–H groups in total. The summed E-state index contributed by atoms with van der Waals surface area (Å²) in [6, 6.07) is 7.73. The summed E-state index contributed by atoms with van der Waals surface area (Å²) < 4.78 is 7.02. The van der Waals surface area contributed by atoms with Crippen LogP contribution in [0.5, 0.6) is 11.6 Å². The summed E-state index contributed by atoms with van der Waals surface area (Å²) >= 11 is 0. The molecule has 0 aliphatic heterocycles. The molecular formula is C16H22N2O2. The summed E-state index contributed by atoms with van der Waals surface area (Å²) in [5.41, 5.74) is 3.01. The van der Waals surface area contributed by atoms with Crippen molar-refractivity contribution in [3.05, 3.63) is 35.5 Å². The molecule has 2 rings (SSSR count). The Bertz CT molecular complexity index is 559. The van der Waals surface area contributed by atoms with Gasteiger partial charge in [-0.05, 0) is 43.5 Å². The maximum absolute atomic E-state index is 10.0. The van der Waals surface area contributed by atoms with E-state index in [9.17, 15) is 5.11 Å². The zero-order chi connectivity index (χ0) is 14.5. The maximum atomic E-state index is 10.0. The third kappa shape index (κ3) is 2.79. The van der Waals surface area contributed by atoms with Crippen LogP contribution >= 0.6 is 0 Å². The second-order valence-electron chi connectivity index (χ2n) is 4.82. The van der Waals surface area contributed by atoms with Crippen LogP contribution in [0.1, 0.15) is 37.9 Å². The minimum absolute atomic E-state index is 0.148. The lowest BCUT2D eigenvalue weighted by Gasteiger charge is -2.09. The lowest BCUT2D eigenvalue weighted by molar-refractivity contribution is 0.414. The van der Waals surface area contributed by atoms with Crippen LogP contribution in [0, 0.1) is 0 Å². The number of benzene rings is 1. The number of methoxy groups -OCH3 is 1. The molecule has 0 aliphatic carbocycles. The number of hydrogen-bond donors (Lipinski definition) is 1. The Hall–Kier alpha value is -1.97. The highest BCUT2D eigenvalue weighted by Gasteiger charge is 2.16. The number of nitrogens with zero attached hydrogens (tertiary/aromatic N) is 2. The normalized spacial score (nSPS) is 10.8. The number of hydrogen-bond acceptors (Lipinski definition) is 3. The van der Waals surface area contributed by atoms with E-state index in [1.807, 2.05) is 35.9 Å². The van der Waals surface area contributed by atoms with Crippen LogP contribution in [-0.2, 0) is 12.8 Å². The predicted octanol–water partition coefficient (Wildman–Crippen LogP) is 3.49. The highest BCUT2D eigenvalue weighted by molar-refractivity contribution is 5.42. The molecule has 0 spiro atoms. The summed E-state index contributed by atoms with van der Waals surface area (Å²) in [4.78, 5) is 0. The van der Waals surface area contributed by atoms with Crippen LogP contribution in [-0.4, -0.2) is 22.0 Å². The van der Waals surface area contributed by atoms with E-state index < -0.39 is 0 Å². The van der Waals surface area contributed by atoms with Crippen LogP contribution in [0.2, 0.25) is 0 Å². The molecule has 0 radical (unpaired) electrons. The fourth-order valence-electron chi connectivity index (χ4n) is 2.37. The zero-order valence-corrected chi connectivity index (χ0v) is 12.4. The SMILES string of the molecule is CCCCc1c(CC)c(O)nn1-c1ccc(OC)cc1. The summed E-state index contributed by atoms with van der Waals surface area (Å²) in [6.07, 6.45) is 3.94. The van der Waals surface area contributed by atoms with Crippen molar-refractivity contribution >= 4 is 0 Å². The smallest absolute Gasteiger partial charge is 0.234 e. The van der Waals surface area contributed by atoms with Crippen LogP contribution < -0.4 is 4.74 Å². The molecule has 1 aromatic carbocycles. The minimum atomic E-state index is 0.148. The second kappa shape index (κ2) is 6.46. The lowest BCUT2D eigenvalue weighted by atomic mass is 10.1. The van der Waals surface area contributed by atoms with Crippen molar-refractivity contribution in [3.63, 3.8) is 0 Å². The molecule has 0 saturated heterocycles. The van der Waals surface area contributed by atoms with Crippen molar-refractivity contribution in [2.24, 2.45) is 0 Å². The first-order valence-electron chi connectivity index (χ1n) is 7.15. The van der Waals surface area contributed by atoms with E-state index in [-0.39, 0.29) is 5.88 Å². The van der Waals surface area contributed by atoms with Crippen molar-refractivity contribution in [1.29, 1.82) is 0 Å². The number of rotatable bonds is 6. The van der Waals surface area contributed by atoms with Crippen molar-refractivity contribution in [2.45, 2.75) is 39.5 Å². The topological polar surface area (TPSA) is 47.3 Å². The van der Waals surface area contributed by atoms with Gasteiger partial charge in [-0.2, -0.15) is 0 Å². The molecule has 0 amide bonds. The molecule has 1 aromatic heterocycles. The van der Waals surface area contributed by atoms with Gasteiger partial charge in [-0.25, -0.2) is 4.68 Å². The third-order valence-electron chi connectivity index (χ3n) is 3.51. The van der Waals surface area contributed by atoms with Crippen LogP contribution in [0.15, 0.2) is 24.3 Å². The molecule has 2 aromatic rings. The van der Waals surface area contributed by atoms with E-state index in [1.54, 1.807) is 7.11 Å². The monoisotopic (exact) mass is 274 g/mol. The van der Waals surface area contributed by atoms with Crippen LogP contribution in [0.4, 0.5) is 0 Å². The quantitative estimate of drug-likeness (QED) is 0.877. The fraction of sp³-hybridized carbons (Fsp3) is 0.438. The molecular weight excluding hydrogens is 252 g/mol. The van der Waals surface area contributed by atoms with Crippen molar-refractivity contribution in [2.75, 3.05) is 7.11 Å². The Morgan fingerprint density at radius 1 is 1.20 bits per heavy atom. The Balaban J connectivity index is 2.43. The lowest BCUT2D eigenvalue weighted by Crippen LogP contribution is -2.04. The molecule has 4 nitrogen and oxygen atoms in total. The molecule has 0 atom stereocenters. The highest BCUT2D eigenvalue weighted by atomic mass is 16.5. The van der Waals surface area contributed by atoms with Gasteiger partial charge in [-0.3, -0.25) is 0 Å². The number of unbranched alkanes of at least 4 members (excludes halogenated alkanes) is 1. The van der Waals surface area contributed by atoms with E-state index in [0.29, 0.717) is 0 Å². The fourth-order valence-corrected chi connectivity index (χ4v) is 2.37. The van der Waals surface area contributed by atoms with Crippen molar-refractivity contribution in [1.82, 2.24) is 9.78 Å². The number of aromatic hydroxyl groups is 1. The van der Waals surface area contributed by atoms with Gasteiger partial charge in [0.1, 0.15) is 5.75 Å². The maximum Gasteiger partial charge on any atom is 0.234 e. The minimum Gasteiger partial charge on any atom is -0.497 e. The van der Waals surface area contributed by atoms with Gasteiger partial charge in [-0.15, -0.1) is 5.10 Å². The number of ether oxygens (including phenoxy) is 1. The Morgan fingerprint density at radius 3 is 2.45 bits per heavy atom. The van der Waals surface area contributed by atoms with Gasteiger partial charge in [-0.1, -0.05) is 20.3 Å². The summed E-state index contributed by atoms with van der Waals surface area (Å²) in [7, 11) is 1.65. The Labute approximate surface area is 120 Å². The van der Waals surface area contributed by atoms with Gasteiger partial charge in [0.25, 0.3) is 0 Å². The molecule has 1 heterocycles. The average Bonchev–Trinajstić information content (AvgIpc) is 2.81. The van der Waals surface area contributed by atoms with E-state index in [2.05, 4.69) is 12.0 Å². The molecule has 0 saturated carbocycles. The molecule has 0 unspecified atom stereocenters. The van der Waals surface area contributed by atoms with Gasteiger partial charge >= 0.3 is 0 Å². The van der Waals surface area contributed by atoms with Gasteiger partial charge in [0.15, 0.2) is 0 Å². The highest BCUT2D eigenvalue weighted by Crippen LogP contribution is 2.26. The first-order chi connectivity index (χ1) is 9.71. The summed E-state index contributed by atoms with van der Waals surface area (Å²) in [6.45, 7) is 4.21. The Morgan fingerprint density at radius 2 is 1.90 bits per heavy atom. The van der Waals surface area contributed by atoms with Crippen LogP contribution in [0.3, 0.4) is 0 Å². The molecule has 4 heteroatoms. The first kappa shape index (κ1) is 14.4. The van der Waals surface area contributed by atoms with Crippen LogP contribution in [0.25, 0.3) is 5.69 Å². The van der Waals surface area contributed by atoms with Gasteiger partial charge in [0.05, 0.1) is 18.5 Å². The van der Waals surface area contributed by atoms with E-state index in [0.717, 1.165) is 48.4 Å². The first-order valence-corrected chi connectivity index (χ1v) is 7.15. The van der Waals surface area contributed by atoms with Crippen molar-refractivity contribution < 1.29 is 9.84 Å². The standard InChI is InChI=1S/C16H22N2O2/c1-4-6-7-15-14(5-2)16(19)17-18(15)12-8-10-13(20-3)11-9-12/h8-11H,4-7H2,1-3H3,(H,17,19). The average molecular weight is 274 g/mol. The van der Waals surface area contributed by atoms with Gasteiger partial charge in [0.2, 0.25) is 5.88 Å². The van der Waals surface area contributed by atoms with E-state index in [4.69, 9.17) is 4.74 Å².